The van der Waals surface area contributed by atoms with Crippen molar-refractivity contribution in [2.45, 2.75) is 31.3 Å². The van der Waals surface area contributed by atoms with Crippen molar-refractivity contribution in [3.8, 4) is 0 Å². The average molecular weight is 410 g/mol. The Morgan fingerprint density at radius 3 is 1.71 bits per heavy atom. The van der Waals surface area contributed by atoms with E-state index in [9.17, 15) is 0 Å². The van der Waals surface area contributed by atoms with Crippen LogP contribution in [0.5, 0.6) is 0 Å². The predicted molar refractivity (Wildman–Crippen MR) is 102 cm³/mol. The van der Waals surface area contributed by atoms with E-state index >= 15 is 0 Å². The molecule has 0 saturated carbocycles. The zero-order valence-corrected chi connectivity index (χ0v) is 16.2. The van der Waals surface area contributed by atoms with Crippen molar-refractivity contribution in [3.05, 3.63) is 60.7 Å². The second-order valence-corrected chi connectivity index (χ2v) is 10.3. The summed E-state index contributed by atoms with van der Waals surface area (Å²) in [5.74, 6) is 0. The fourth-order valence-electron chi connectivity index (χ4n) is 2.28. The zero-order chi connectivity index (χ0) is 15.3. The number of rotatable bonds is 5. The number of hydrogen-bond donors (Lipinski definition) is 0. The third-order valence-corrected chi connectivity index (χ3v) is 7.13. The fourth-order valence-corrected chi connectivity index (χ4v) is 6.72. The summed E-state index contributed by atoms with van der Waals surface area (Å²) >= 11 is 2.45. The van der Waals surface area contributed by atoms with Crippen molar-refractivity contribution in [2.75, 3.05) is 0 Å². The molecule has 1 nitrogen and oxygen atoms in total. The van der Waals surface area contributed by atoms with Gasteiger partial charge in [0, 0.05) is 0 Å². The van der Waals surface area contributed by atoms with E-state index in [0.29, 0.717) is 0 Å². The molecule has 1 unspecified atom stereocenters. The second-order valence-electron chi connectivity index (χ2n) is 6.51. The Labute approximate surface area is 143 Å². The second kappa shape index (κ2) is 7.56. The Morgan fingerprint density at radius 1 is 0.905 bits per heavy atom. The normalized spacial score (nSPS) is 13.4. The van der Waals surface area contributed by atoms with Crippen LogP contribution in [0.4, 0.5) is 0 Å². The third-order valence-electron chi connectivity index (χ3n) is 3.26. The van der Waals surface area contributed by atoms with Crippen LogP contribution in [-0.2, 0) is 4.43 Å². The van der Waals surface area contributed by atoms with E-state index in [-0.39, 0.29) is 9.53 Å². The van der Waals surface area contributed by atoms with Crippen LogP contribution in [0.1, 0.15) is 27.2 Å². The van der Waals surface area contributed by atoms with Crippen LogP contribution in [0, 0.1) is 5.41 Å². The van der Waals surface area contributed by atoms with Crippen LogP contribution < -0.4 is 10.4 Å². The van der Waals surface area contributed by atoms with E-state index in [1.54, 1.807) is 0 Å². The highest BCUT2D eigenvalue weighted by molar-refractivity contribution is 14.1. The van der Waals surface area contributed by atoms with Gasteiger partial charge in [-0.05, 0) is 22.2 Å². The van der Waals surface area contributed by atoms with E-state index in [0.717, 1.165) is 6.42 Å². The maximum absolute atomic E-state index is 6.52. The highest BCUT2D eigenvalue weighted by atomic mass is 127. The van der Waals surface area contributed by atoms with Crippen molar-refractivity contribution in [1.82, 2.24) is 0 Å². The Bertz CT molecular complexity index is 497. The molecular formula is C18H23IOSi. The maximum atomic E-state index is 6.52. The molecule has 3 heteroatoms. The van der Waals surface area contributed by atoms with Crippen LogP contribution in [0.2, 0.25) is 0 Å². The van der Waals surface area contributed by atoms with E-state index < -0.39 is 9.04 Å². The molecule has 0 aliphatic heterocycles. The molecule has 0 saturated heterocycles. The van der Waals surface area contributed by atoms with Gasteiger partial charge in [0.25, 0.3) is 0 Å². The number of hydrogen-bond acceptors (Lipinski definition) is 1. The van der Waals surface area contributed by atoms with Crippen molar-refractivity contribution >= 4 is 42.0 Å². The minimum absolute atomic E-state index is 0.250. The standard InChI is InChI=1S/C18H23IOSi/c1-18(2,3)14-17(19)20-21(15-10-6-4-7-11-15)16-12-8-5-9-13-16/h4-13,17,21H,14H2,1-3H3. The van der Waals surface area contributed by atoms with Gasteiger partial charge < -0.3 is 4.43 Å². The minimum atomic E-state index is -1.61. The van der Waals surface area contributed by atoms with Gasteiger partial charge in [-0.1, -0.05) is 104 Å². The van der Waals surface area contributed by atoms with Gasteiger partial charge in [-0.2, -0.15) is 0 Å². The zero-order valence-electron chi connectivity index (χ0n) is 12.9. The Balaban J connectivity index is 2.21. The third kappa shape index (κ3) is 5.56. The molecule has 112 valence electrons. The molecule has 0 aliphatic rings. The van der Waals surface area contributed by atoms with Gasteiger partial charge in [0.05, 0.1) is 4.11 Å². The smallest absolute Gasteiger partial charge is 0.241 e. The lowest BCUT2D eigenvalue weighted by Crippen LogP contribution is -2.46. The van der Waals surface area contributed by atoms with Crippen LogP contribution in [0.25, 0.3) is 0 Å². The molecule has 0 N–H and O–H groups in total. The quantitative estimate of drug-likeness (QED) is 0.415. The molecule has 0 bridgehead atoms. The molecular weight excluding hydrogens is 387 g/mol. The monoisotopic (exact) mass is 410 g/mol. The number of alkyl halides is 1. The molecule has 0 spiro atoms. The van der Waals surface area contributed by atoms with Gasteiger partial charge in [0.2, 0.25) is 9.04 Å². The molecule has 0 heterocycles. The Kier molecular flexibility index (Phi) is 6.02. The molecule has 0 amide bonds. The summed E-state index contributed by atoms with van der Waals surface area (Å²) in [6.45, 7) is 6.80. The topological polar surface area (TPSA) is 9.23 Å². The van der Waals surface area contributed by atoms with Crippen LogP contribution in [0.15, 0.2) is 60.7 Å². The maximum Gasteiger partial charge on any atom is 0.241 e. The summed E-state index contributed by atoms with van der Waals surface area (Å²) in [6, 6.07) is 21.3. The van der Waals surface area contributed by atoms with Crippen LogP contribution >= 0.6 is 22.6 Å². The van der Waals surface area contributed by atoms with Gasteiger partial charge in [0.1, 0.15) is 0 Å². The minimum Gasteiger partial charge on any atom is -0.399 e. The highest BCUT2D eigenvalue weighted by Crippen LogP contribution is 2.25. The van der Waals surface area contributed by atoms with Crippen LogP contribution in [0.3, 0.4) is 0 Å². The first-order valence-electron chi connectivity index (χ1n) is 7.35. The molecule has 0 aliphatic carbocycles. The summed E-state index contributed by atoms with van der Waals surface area (Å²) in [5, 5.41) is 2.69. The molecule has 2 rings (SSSR count). The van der Waals surface area contributed by atoms with E-state index in [4.69, 9.17) is 4.43 Å². The summed E-state index contributed by atoms with van der Waals surface area (Å²) < 4.78 is 6.77. The lowest BCUT2D eigenvalue weighted by molar-refractivity contribution is 0.234. The number of halogens is 1. The first-order chi connectivity index (χ1) is 9.96. The van der Waals surface area contributed by atoms with E-state index in [1.165, 1.54) is 10.4 Å². The lowest BCUT2D eigenvalue weighted by atomic mass is 9.93. The molecule has 0 radical (unpaired) electrons. The van der Waals surface area contributed by atoms with Crippen molar-refractivity contribution in [1.29, 1.82) is 0 Å². The van der Waals surface area contributed by atoms with Gasteiger partial charge >= 0.3 is 0 Å². The molecule has 2 aromatic carbocycles. The Hall–Kier alpha value is -0.653. The van der Waals surface area contributed by atoms with E-state index in [1.807, 2.05) is 0 Å². The molecule has 21 heavy (non-hydrogen) atoms. The largest absolute Gasteiger partial charge is 0.399 e. The van der Waals surface area contributed by atoms with Gasteiger partial charge in [0.15, 0.2) is 0 Å². The van der Waals surface area contributed by atoms with E-state index in [2.05, 4.69) is 104 Å². The van der Waals surface area contributed by atoms with Gasteiger partial charge in [-0.3, -0.25) is 0 Å². The number of benzene rings is 2. The molecule has 0 fully saturated rings. The highest BCUT2D eigenvalue weighted by Gasteiger charge is 2.24. The summed E-state index contributed by atoms with van der Waals surface area (Å²) in [4.78, 5) is 0. The first-order valence-corrected chi connectivity index (χ1v) is 10.2. The summed E-state index contributed by atoms with van der Waals surface area (Å²) in [6.07, 6.45) is 1.07. The lowest BCUT2D eigenvalue weighted by Gasteiger charge is -2.26. The van der Waals surface area contributed by atoms with Crippen molar-refractivity contribution < 1.29 is 4.43 Å². The van der Waals surface area contributed by atoms with Gasteiger partial charge in [-0.25, -0.2) is 0 Å². The predicted octanol–water partition coefficient (Wildman–Crippen LogP) is 3.74. The first kappa shape index (κ1) is 16.7. The summed E-state index contributed by atoms with van der Waals surface area (Å²) in [5.41, 5.74) is 0.290. The van der Waals surface area contributed by atoms with Crippen molar-refractivity contribution in [3.63, 3.8) is 0 Å². The Morgan fingerprint density at radius 2 is 1.33 bits per heavy atom. The van der Waals surface area contributed by atoms with Crippen LogP contribution in [-0.4, -0.2) is 13.2 Å². The average Bonchev–Trinajstić information content (AvgIpc) is 2.45. The molecule has 0 aromatic heterocycles. The van der Waals surface area contributed by atoms with Crippen molar-refractivity contribution in [2.24, 2.45) is 5.41 Å². The SMILES string of the molecule is CC(C)(C)CC(I)O[SiH](c1ccccc1)c1ccccc1. The molecule has 1 atom stereocenters. The fraction of sp³-hybridized carbons (Fsp3) is 0.333. The summed E-state index contributed by atoms with van der Waals surface area (Å²) in [7, 11) is -1.61. The van der Waals surface area contributed by atoms with Gasteiger partial charge in [-0.15, -0.1) is 0 Å². The molecule has 2 aromatic rings.